The third-order valence-corrected chi connectivity index (χ3v) is 3.42. The van der Waals surface area contributed by atoms with Crippen molar-refractivity contribution in [3.05, 3.63) is 77.2 Å². The lowest BCUT2D eigenvalue weighted by molar-refractivity contribution is 0.509. The number of rotatable bonds is 5. The van der Waals surface area contributed by atoms with Crippen molar-refractivity contribution in [3.8, 4) is 0 Å². The molecule has 1 heterocycles. The summed E-state index contributed by atoms with van der Waals surface area (Å²) in [4.78, 5) is 8.51. The van der Waals surface area contributed by atoms with Gasteiger partial charge in [0.15, 0.2) is 11.6 Å². The van der Waals surface area contributed by atoms with Gasteiger partial charge in [-0.2, -0.15) is 4.98 Å². The molecule has 0 amide bonds. The fraction of sp³-hybridized carbons (Fsp3) is 0.111. The van der Waals surface area contributed by atoms with Gasteiger partial charge in [0.2, 0.25) is 5.95 Å². The highest BCUT2D eigenvalue weighted by atomic mass is 19.2. The van der Waals surface area contributed by atoms with Gasteiger partial charge in [-0.15, -0.1) is 0 Å². The summed E-state index contributed by atoms with van der Waals surface area (Å²) in [6.45, 7) is 2.25. The van der Waals surface area contributed by atoms with Crippen LogP contribution in [0.15, 0.2) is 48.5 Å². The Kier molecular flexibility index (Phi) is 4.83. The molecular formula is C18H15F3N4. The van der Waals surface area contributed by atoms with Crippen molar-refractivity contribution >= 4 is 17.5 Å². The topological polar surface area (TPSA) is 49.8 Å². The molecule has 25 heavy (non-hydrogen) atoms. The van der Waals surface area contributed by atoms with Gasteiger partial charge in [0.1, 0.15) is 11.6 Å². The highest BCUT2D eigenvalue weighted by Gasteiger charge is 2.06. The third kappa shape index (κ3) is 4.47. The fourth-order valence-electron chi connectivity index (χ4n) is 2.21. The zero-order valence-electron chi connectivity index (χ0n) is 13.4. The van der Waals surface area contributed by atoms with Crippen LogP contribution in [0.3, 0.4) is 0 Å². The van der Waals surface area contributed by atoms with Gasteiger partial charge in [0.25, 0.3) is 0 Å². The molecule has 128 valence electrons. The van der Waals surface area contributed by atoms with Gasteiger partial charge >= 0.3 is 0 Å². The van der Waals surface area contributed by atoms with E-state index in [1.165, 1.54) is 18.2 Å². The monoisotopic (exact) mass is 344 g/mol. The molecule has 0 aliphatic carbocycles. The van der Waals surface area contributed by atoms with Crippen LogP contribution in [0.5, 0.6) is 0 Å². The van der Waals surface area contributed by atoms with Gasteiger partial charge in [0, 0.05) is 30.1 Å². The van der Waals surface area contributed by atoms with E-state index in [-0.39, 0.29) is 11.8 Å². The predicted octanol–water partition coefficient (Wildman–Crippen LogP) is 4.56. The molecule has 0 aliphatic rings. The van der Waals surface area contributed by atoms with Crippen molar-refractivity contribution in [2.24, 2.45) is 0 Å². The van der Waals surface area contributed by atoms with Crippen LogP contribution in [-0.4, -0.2) is 9.97 Å². The Labute approximate surface area is 142 Å². The van der Waals surface area contributed by atoms with E-state index in [4.69, 9.17) is 0 Å². The summed E-state index contributed by atoms with van der Waals surface area (Å²) in [6, 6.07) is 11.3. The number of nitrogens with zero attached hydrogens (tertiary/aromatic N) is 2. The van der Waals surface area contributed by atoms with E-state index in [2.05, 4.69) is 20.6 Å². The van der Waals surface area contributed by atoms with Gasteiger partial charge in [-0.05, 0) is 36.8 Å². The summed E-state index contributed by atoms with van der Waals surface area (Å²) in [5.41, 5.74) is 1.93. The van der Waals surface area contributed by atoms with E-state index in [9.17, 15) is 13.2 Å². The van der Waals surface area contributed by atoms with Crippen molar-refractivity contribution in [2.75, 3.05) is 10.6 Å². The van der Waals surface area contributed by atoms with E-state index < -0.39 is 11.6 Å². The Bertz CT molecular complexity index is 882. The van der Waals surface area contributed by atoms with Crippen LogP contribution in [0.2, 0.25) is 0 Å². The second-order valence-electron chi connectivity index (χ2n) is 5.45. The molecule has 2 aromatic carbocycles. The van der Waals surface area contributed by atoms with Gasteiger partial charge in [0.05, 0.1) is 0 Å². The van der Waals surface area contributed by atoms with Gasteiger partial charge < -0.3 is 10.6 Å². The first-order valence-electron chi connectivity index (χ1n) is 7.56. The van der Waals surface area contributed by atoms with E-state index in [1.54, 1.807) is 25.1 Å². The highest BCUT2D eigenvalue weighted by Crippen LogP contribution is 2.18. The third-order valence-electron chi connectivity index (χ3n) is 3.42. The summed E-state index contributed by atoms with van der Waals surface area (Å²) in [5, 5.41) is 5.96. The first-order valence-corrected chi connectivity index (χ1v) is 7.56. The molecule has 0 unspecified atom stereocenters. The van der Waals surface area contributed by atoms with E-state index in [1.807, 2.05) is 0 Å². The van der Waals surface area contributed by atoms with Crippen LogP contribution in [0, 0.1) is 24.4 Å². The van der Waals surface area contributed by atoms with Crippen LogP contribution < -0.4 is 10.6 Å². The largest absolute Gasteiger partial charge is 0.366 e. The van der Waals surface area contributed by atoms with Crippen LogP contribution in [0.1, 0.15) is 11.3 Å². The minimum atomic E-state index is -0.952. The van der Waals surface area contributed by atoms with Crippen LogP contribution in [0.25, 0.3) is 0 Å². The van der Waals surface area contributed by atoms with Crippen molar-refractivity contribution in [1.29, 1.82) is 0 Å². The zero-order chi connectivity index (χ0) is 17.8. The number of hydrogen-bond donors (Lipinski definition) is 2. The molecular weight excluding hydrogens is 329 g/mol. The van der Waals surface area contributed by atoms with Crippen LogP contribution >= 0.6 is 0 Å². The van der Waals surface area contributed by atoms with E-state index >= 15 is 0 Å². The lowest BCUT2D eigenvalue weighted by atomic mass is 10.2. The van der Waals surface area contributed by atoms with E-state index in [0.717, 1.165) is 17.7 Å². The molecule has 7 heteroatoms. The maximum atomic E-state index is 13.3. The van der Waals surface area contributed by atoms with Crippen molar-refractivity contribution in [2.45, 2.75) is 13.5 Å². The molecule has 0 aliphatic heterocycles. The minimum absolute atomic E-state index is 0.257. The van der Waals surface area contributed by atoms with Crippen molar-refractivity contribution in [3.63, 3.8) is 0 Å². The summed E-state index contributed by atoms with van der Waals surface area (Å²) < 4.78 is 39.2. The molecule has 0 bridgehead atoms. The average Bonchev–Trinajstić information content (AvgIpc) is 2.57. The Morgan fingerprint density at radius 3 is 2.36 bits per heavy atom. The number of halogens is 3. The molecule has 0 saturated carbocycles. The number of aromatic nitrogens is 2. The molecule has 2 N–H and O–H groups in total. The maximum Gasteiger partial charge on any atom is 0.229 e. The number of hydrogen-bond acceptors (Lipinski definition) is 4. The Balaban J connectivity index is 1.73. The van der Waals surface area contributed by atoms with Crippen LogP contribution in [0.4, 0.5) is 30.6 Å². The second kappa shape index (κ2) is 7.21. The van der Waals surface area contributed by atoms with Gasteiger partial charge in [-0.1, -0.05) is 12.1 Å². The first-order chi connectivity index (χ1) is 12.0. The summed E-state index contributed by atoms with van der Waals surface area (Å²) in [5.74, 6) is -1.35. The first kappa shape index (κ1) is 16.8. The Hall–Kier alpha value is -3.09. The van der Waals surface area contributed by atoms with E-state index in [0.29, 0.717) is 23.7 Å². The summed E-state index contributed by atoms with van der Waals surface area (Å²) >= 11 is 0. The number of nitrogens with one attached hydrogen (secondary N) is 2. The van der Waals surface area contributed by atoms with Crippen molar-refractivity contribution in [1.82, 2.24) is 9.97 Å². The number of benzene rings is 2. The summed E-state index contributed by atoms with van der Waals surface area (Å²) in [7, 11) is 0. The molecule has 0 spiro atoms. The molecule has 1 aromatic heterocycles. The molecule has 0 radical (unpaired) electrons. The summed E-state index contributed by atoms with van der Waals surface area (Å²) in [6.07, 6.45) is 0. The highest BCUT2D eigenvalue weighted by molar-refractivity contribution is 5.55. The Morgan fingerprint density at radius 2 is 1.64 bits per heavy atom. The zero-order valence-corrected chi connectivity index (χ0v) is 13.4. The quantitative estimate of drug-likeness (QED) is 0.712. The maximum absolute atomic E-state index is 13.3. The molecule has 0 saturated heterocycles. The lowest BCUT2D eigenvalue weighted by Crippen LogP contribution is -2.06. The fourth-order valence-corrected chi connectivity index (χ4v) is 2.21. The number of aryl methyl sites for hydroxylation is 1. The van der Waals surface area contributed by atoms with Crippen LogP contribution in [-0.2, 0) is 6.54 Å². The molecule has 0 fully saturated rings. The average molecular weight is 344 g/mol. The molecule has 0 atom stereocenters. The molecule has 3 rings (SSSR count). The van der Waals surface area contributed by atoms with Gasteiger partial charge in [-0.3, -0.25) is 0 Å². The van der Waals surface area contributed by atoms with Crippen molar-refractivity contribution < 1.29 is 13.2 Å². The standard InChI is InChI=1S/C18H15F3N4/c1-11-8-17(22-10-12-2-4-13(19)5-3-12)25-18(23-11)24-14-6-7-15(20)16(21)9-14/h2-9H,10H2,1H3,(H2,22,23,24,25). The SMILES string of the molecule is Cc1cc(NCc2ccc(F)cc2)nc(Nc2ccc(F)c(F)c2)n1. The Morgan fingerprint density at radius 1 is 0.880 bits per heavy atom. The molecule has 4 nitrogen and oxygen atoms in total. The normalized spacial score (nSPS) is 10.6. The van der Waals surface area contributed by atoms with Gasteiger partial charge in [-0.25, -0.2) is 18.2 Å². The minimum Gasteiger partial charge on any atom is -0.366 e. The number of anilines is 3. The predicted molar refractivity (Wildman–Crippen MR) is 90.1 cm³/mol. The smallest absolute Gasteiger partial charge is 0.229 e. The lowest BCUT2D eigenvalue weighted by Gasteiger charge is -2.10. The molecule has 3 aromatic rings. The second-order valence-corrected chi connectivity index (χ2v) is 5.45.